The molecular formula is C17H24N4. The van der Waals surface area contributed by atoms with Gasteiger partial charge in [-0.3, -0.25) is 4.57 Å². The fourth-order valence-corrected chi connectivity index (χ4v) is 3.05. The Morgan fingerprint density at radius 3 is 2.71 bits per heavy atom. The molecule has 0 radical (unpaired) electrons. The summed E-state index contributed by atoms with van der Waals surface area (Å²) >= 11 is 0. The molecule has 0 aliphatic carbocycles. The van der Waals surface area contributed by atoms with E-state index in [2.05, 4.69) is 57.2 Å². The van der Waals surface area contributed by atoms with Gasteiger partial charge in [0.2, 0.25) is 5.95 Å². The van der Waals surface area contributed by atoms with Crippen molar-refractivity contribution in [3.8, 4) is 5.69 Å². The van der Waals surface area contributed by atoms with Crippen molar-refractivity contribution in [1.29, 1.82) is 0 Å². The molecule has 0 spiro atoms. The molecular weight excluding hydrogens is 260 g/mol. The van der Waals surface area contributed by atoms with Crippen molar-refractivity contribution in [3.05, 3.63) is 42.7 Å². The van der Waals surface area contributed by atoms with Gasteiger partial charge in [-0.1, -0.05) is 18.2 Å². The summed E-state index contributed by atoms with van der Waals surface area (Å²) in [5, 5.41) is 3.44. The quantitative estimate of drug-likeness (QED) is 0.916. The summed E-state index contributed by atoms with van der Waals surface area (Å²) in [7, 11) is 0. The largest absolute Gasteiger partial charge is 0.342 e. The zero-order valence-corrected chi connectivity index (χ0v) is 12.7. The zero-order valence-electron chi connectivity index (χ0n) is 12.7. The molecule has 1 aromatic heterocycles. The molecule has 0 amide bonds. The van der Waals surface area contributed by atoms with Crippen LogP contribution in [0.25, 0.3) is 5.69 Å². The van der Waals surface area contributed by atoms with E-state index in [1.165, 1.54) is 18.5 Å². The first-order chi connectivity index (χ1) is 10.4. The summed E-state index contributed by atoms with van der Waals surface area (Å²) in [4.78, 5) is 7.01. The number of benzene rings is 1. The Balaban J connectivity index is 1.79. The lowest BCUT2D eigenvalue weighted by molar-refractivity contribution is 0.373. The van der Waals surface area contributed by atoms with Gasteiger partial charge >= 0.3 is 0 Å². The van der Waals surface area contributed by atoms with Crippen LogP contribution < -0.4 is 10.2 Å². The van der Waals surface area contributed by atoms with E-state index in [9.17, 15) is 0 Å². The Morgan fingerprint density at radius 1 is 1.24 bits per heavy atom. The predicted octanol–water partition coefficient (Wildman–Crippen LogP) is 2.70. The van der Waals surface area contributed by atoms with Gasteiger partial charge < -0.3 is 10.2 Å². The van der Waals surface area contributed by atoms with Crippen LogP contribution in [0.5, 0.6) is 0 Å². The topological polar surface area (TPSA) is 33.1 Å². The molecule has 0 atom stereocenters. The van der Waals surface area contributed by atoms with E-state index < -0.39 is 0 Å². The number of piperidine rings is 1. The van der Waals surface area contributed by atoms with Crippen molar-refractivity contribution in [1.82, 2.24) is 14.9 Å². The summed E-state index contributed by atoms with van der Waals surface area (Å²) in [6.45, 7) is 6.60. The van der Waals surface area contributed by atoms with Gasteiger partial charge in [0.15, 0.2) is 0 Å². The highest BCUT2D eigenvalue weighted by atomic mass is 15.3. The fraction of sp³-hybridized carbons (Fsp3) is 0.471. The second kappa shape index (κ2) is 6.76. The average Bonchev–Trinajstić information content (AvgIpc) is 3.04. The second-order valence-corrected chi connectivity index (χ2v) is 5.66. The second-order valence-electron chi connectivity index (χ2n) is 5.66. The smallest absolute Gasteiger partial charge is 0.210 e. The van der Waals surface area contributed by atoms with Crippen LogP contribution in [0.15, 0.2) is 42.7 Å². The standard InChI is InChI=1S/C17H24N4/c1-2-20(14-15-8-10-18-11-9-15)17-19-12-13-21(17)16-6-4-3-5-7-16/h3-7,12-13,15,18H,2,8-11,14H2,1H3. The molecule has 112 valence electrons. The Labute approximate surface area is 126 Å². The van der Waals surface area contributed by atoms with Gasteiger partial charge in [-0.05, 0) is 50.9 Å². The molecule has 1 N–H and O–H groups in total. The highest BCUT2D eigenvalue weighted by Crippen LogP contribution is 2.21. The van der Waals surface area contributed by atoms with Gasteiger partial charge in [0.05, 0.1) is 0 Å². The number of anilines is 1. The van der Waals surface area contributed by atoms with Gasteiger partial charge in [-0.15, -0.1) is 0 Å². The van der Waals surface area contributed by atoms with Crippen molar-refractivity contribution >= 4 is 5.95 Å². The van der Waals surface area contributed by atoms with Crippen LogP contribution in [0.1, 0.15) is 19.8 Å². The SMILES string of the molecule is CCN(CC1CCNCC1)c1nccn1-c1ccccc1. The van der Waals surface area contributed by atoms with E-state index in [0.29, 0.717) is 0 Å². The number of hydrogen-bond donors (Lipinski definition) is 1. The number of nitrogens with zero attached hydrogens (tertiary/aromatic N) is 3. The van der Waals surface area contributed by atoms with E-state index in [1.54, 1.807) is 0 Å². The molecule has 0 saturated carbocycles. The molecule has 4 heteroatoms. The molecule has 21 heavy (non-hydrogen) atoms. The van der Waals surface area contributed by atoms with Crippen LogP contribution >= 0.6 is 0 Å². The Morgan fingerprint density at radius 2 is 2.00 bits per heavy atom. The number of rotatable bonds is 5. The summed E-state index contributed by atoms with van der Waals surface area (Å²) in [5.74, 6) is 1.83. The average molecular weight is 284 g/mol. The minimum absolute atomic E-state index is 0.770. The first kappa shape index (κ1) is 14.1. The molecule has 2 heterocycles. The first-order valence-corrected chi connectivity index (χ1v) is 7.93. The van der Waals surface area contributed by atoms with Crippen LogP contribution in [0.4, 0.5) is 5.95 Å². The van der Waals surface area contributed by atoms with E-state index in [4.69, 9.17) is 0 Å². The molecule has 1 aliphatic heterocycles. The van der Waals surface area contributed by atoms with Crippen LogP contribution in [0.3, 0.4) is 0 Å². The summed E-state index contributed by atoms with van der Waals surface area (Å²) in [6, 6.07) is 10.4. The van der Waals surface area contributed by atoms with Crippen LogP contribution in [0.2, 0.25) is 0 Å². The Kier molecular flexibility index (Phi) is 4.55. The van der Waals surface area contributed by atoms with Crippen molar-refractivity contribution in [3.63, 3.8) is 0 Å². The molecule has 1 aromatic carbocycles. The molecule has 3 rings (SSSR count). The van der Waals surface area contributed by atoms with Crippen molar-refractivity contribution < 1.29 is 0 Å². The van der Waals surface area contributed by atoms with Gasteiger partial charge in [0.25, 0.3) is 0 Å². The molecule has 0 bridgehead atoms. The minimum Gasteiger partial charge on any atom is -0.342 e. The van der Waals surface area contributed by atoms with Gasteiger partial charge in [-0.2, -0.15) is 0 Å². The maximum atomic E-state index is 4.60. The molecule has 1 fully saturated rings. The summed E-state index contributed by atoms with van der Waals surface area (Å²) in [6.07, 6.45) is 6.48. The van der Waals surface area contributed by atoms with Crippen LogP contribution in [-0.2, 0) is 0 Å². The van der Waals surface area contributed by atoms with Gasteiger partial charge in [-0.25, -0.2) is 4.98 Å². The Bertz CT molecular complexity index is 543. The van der Waals surface area contributed by atoms with Gasteiger partial charge in [0.1, 0.15) is 0 Å². The van der Waals surface area contributed by atoms with Crippen LogP contribution in [0, 0.1) is 5.92 Å². The zero-order chi connectivity index (χ0) is 14.5. The maximum Gasteiger partial charge on any atom is 0.210 e. The third kappa shape index (κ3) is 3.27. The highest BCUT2D eigenvalue weighted by Gasteiger charge is 2.19. The normalized spacial score (nSPS) is 16.0. The third-order valence-corrected chi connectivity index (χ3v) is 4.26. The molecule has 2 aromatic rings. The van der Waals surface area contributed by atoms with E-state index in [1.807, 2.05) is 12.3 Å². The minimum atomic E-state index is 0.770. The number of nitrogens with one attached hydrogen (secondary N) is 1. The fourth-order valence-electron chi connectivity index (χ4n) is 3.05. The number of para-hydroxylation sites is 1. The number of imidazole rings is 1. The summed E-state index contributed by atoms with van der Waals surface area (Å²) in [5.41, 5.74) is 1.17. The van der Waals surface area contributed by atoms with E-state index in [-0.39, 0.29) is 0 Å². The maximum absolute atomic E-state index is 4.60. The van der Waals surface area contributed by atoms with E-state index in [0.717, 1.165) is 38.0 Å². The van der Waals surface area contributed by atoms with Crippen molar-refractivity contribution in [2.45, 2.75) is 19.8 Å². The lowest BCUT2D eigenvalue weighted by atomic mass is 9.98. The monoisotopic (exact) mass is 284 g/mol. The van der Waals surface area contributed by atoms with E-state index >= 15 is 0 Å². The Hall–Kier alpha value is -1.81. The third-order valence-electron chi connectivity index (χ3n) is 4.26. The lowest BCUT2D eigenvalue weighted by Gasteiger charge is -2.30. The molecule has 1 aliphatic rings. The number of hydrogen-bond acceptors (Lipinski definition) is 3. The summed E-state index contributed by atoms with van der Waals surface area (Å²) < 4.78 is 2.19. The van der Waals surface area contributed by atoms with Crippen LogP contribution in [-0.4, -0.2) is 35.7 Å². The molecule has 1 saturated heterocycles. The molecule has 0 unspecified atom stereocenters. The number of aromatic nitrogens is 2. The lowest BCUT2D eigenvalue weighted by Crippen LogP contribution is -2.37. The van der Waals surface area contributed by atoms with Crippen molar-refractivity contribution in [2.75, 3.05) is 31.1 Å². The van der Waals surface area contributed by atoms with Crippen molar-refractivity contribution in [2.24, 2.45) is 5.92 Å². The highest BCUT2D eigenvalue weighted by molar-refractivity contribution is 5.43. The predicted molar refractivity (Wildman–Crippen MR) is 87.0 cm³/mol. The first-order valence-electron chi connectivity index (χ1n) is 7.93. The molecule has 4 nitrogen and oxygen atoms in total. The van der Waals surface area contributed by atoms with Gasteiger partial charge in [0, 0.05) is 31.2 Å².